The largest absolute Gasteiger partial charge is 0.481 e. The number of nitrogens with zero attached hydrogens (tertiary/aromatic N) is 1. The summed E-state index contributed by atoms with van der Waals surface area (Å²) in [5.74, 6) is -0.954. The second-order valence-corrected chi connectivity index (χ2v) is 10.5. The molecule has 2 aliphatic carbocycles. The van der Waals surface area contributed by atoms with Gasteiger partial charge in [-0.05, 0) is 59.8 Å². The average Bonchev–Trinajstić information content (AvgIpc) is 3.57. The summed E-state index contributed by atoms with van der Waals surface area (Å²) in [6.45, 7) is 4.86. The molecule has 0 aromatic heterocycles. The number of carbonyl (C=O) groups is 3. The lowest BCUT2D eigenvalue weighted by Gasteiger charge is -2.33. The third kappa shape index (κ3) is 4.40. The lowest BCUT2D eigenvalue weighted by atomic mass is 9.94. The van der Waals surface area contributed by atoms with Gasteiger partial charge < -0.3 is 20.1 Å². The van der Waals surface area contributed by atoms with Gasteiger partial charge in [-0.25, -0.2) is 4.79 Å². The van der Waals surface area contributed by atoms with Crippen LogP contribution in [0.3, 0.4) is 0 Å². The van der Waals surface area contributed by atoms with Gasteiger partial charge in [0.25, 0.3) is 0 Å². The Morgan fingerprint density at radius 1 is 1.03 bits per heavy atom. The van der Waals surface area contributed by atoms with Crippen LogP contribution in [0, 0.1) is 17.8 Å². The van der Waals surface area contributed by atoms with E-state index < -0.39 is 17.6 Å². The number of hydrogen-bond acceptors (Lipinski definition) is 4. The predicted molar refractivity (Wildman–Crippen MR) is 131 cm³/mol. The zero-order chi connectivity index (χ0) is 24.7. The number of likely N-dealkylation sites (tertiary alicyclic amines) is 1. The molecule has 2 aromatic rings. The Bertz CT molecular complexity index is 1110. The summed E-state index contributed by atoms with van der Waals surface area (Å²) in [5, 5.41) is 12.1. The van der Waals surface area contributed by atoms with E-state index in [-0.39, 0.29) is 42.6 Å². The molecule has 2 amide bonds. The number of benzene rings is 2. The third-order valence-electron chi connectivity index (χ3n) is 8.04. The zero-order valence-corrected chi connectivity index (χ0v) is 20.2. The number of amides is 2. The maximum Gasteiger partial charge on any atom is 0.408 e. The van der Waals surface area contributed by atoms with Gasteiger partial charge in [0.2, 0.25) is 5.91 Å². The van der Waals surface area contributed by atoms with Crippen LogP contribution in [0.5, 0.6) is 0 Å². The van der Waals surface area contributed by atoms with Gasteiger partial charge in [0.15, 0.2) is 0 Å². The summed E-state index contributed by atoms with van der Waals surface area (Å²) < 4.78 is 5.72. The van der Waals surface area contributed by atoms with E-state index in [1.807, 2.05) is 31.2 Å². The molecule has 7 nitrogen and oxygen atoms in total. The number of hydrogen-bond donors (Lipinski definition) is 2. The van der Waals surface area contributed by atoms with Crippen molar-refractivity contribution in [1.82, 2.24) is 10.2 Å². The molecule has 1 heterocycles. The highest BCUT2D eigenvalue weighted by molar-refractivity contribution is 5.90. The monoisotopic (exact) mass is 476 g/mol. The third-order valence-corrected chi connectivity index (χ3v) is 8.04. The minimum atomic E-state index is -1.06. The van der Waals surface area contributed by atoms with Crippen molar-refractivity contribution in [2.75, 3.05) is 19.7 Å². The lowest BCUT2D eigenvalue weighted by Crippen LogP contribution is -2.59. The normalized spacial score (nSPS) is 22.7. The Kier molecular flexibility index (Phi) is 6.03. The van der Waals surface area contributed by atoms with Crippen molar-refractivity contribution in [3.8, 4) is 11.1 Å². The molecule has 1 aliphatic heterocycles. The second kappa shape index (κ2) is 9.02. The molecule has 3 atom stereocenters. The maximum atomic E-state index is 13.6. The molecule has 2 N–H and O–H groups in total. The van der Waals surface area contributed by atoms with E-state index in [1.54, 1.807) is 11.8 Å². The number of rotatable bonds is 7. The van der Waals surface area contributed by atoms with Gasteiger partial charge in [-0.3, -0.25) is 9.59 Å². The van der Waals surface area contributed by atoms with Crippen LogP contribution in [-0.4, -0.2) is 53.2 Å². The molecule has 0 bridgehead atoms. The van der Waals surface area contributed by atoms with Gasteiger partial charge >= 0.3 is 12.1 Å². The molecule has 1 unspecified atom stereocenters. The summed E-state index contributed by atoms with van der Waals surface area (Å²) in [6.07, 6.45) is 1.19. The van der Waals surface area contributed by atoms with E-state index in [0.717, 1.165) is 35.1 Å². The van der Waals surface area contributed by atoms with Crippen LogP contribution < -0.4 is 5.32 Å². The van der Waals surface area contributed by atoms with Crippen molar-refractivity contribution in [3.63, 3.8) is 0 Å². The van der Waals surface area contributed by atoms with Crippen LogP contribution in [0.4, 0.5) is 4.79 Å². The van der Waals surface area contributed by atoms with Crippen molar-refractivity contribution in [1.29, 1.82) is 0 Å². The standard InChI is InChI=1S/C28H32N2O5/c1-17-14-30(15-18(17)13-25(31)32)26(33)28(2,19-11-12-19)29-27(34)35-16-24-22-9-5-3-7-20(22)21-8-4-6-10-23(21)24/h3-10,17-19,24H,11-16H2,1-2H3,(H,29,34)(H,31,32)/t17-,18-,28?/m1/s1. The van der Waals surface area contributed by atoms with E-state index >= 15 is 0 Å². The number of carbonyl (C=O) groups excluding carboxylic acids is 2. The van der Waals surface area contributed by atoms with E-state index in [0.29, 0.717) is 13.1 Å². The number of ether oxygens (including phenoxy) is 1. The molecule has 1 saturated heterocycles. The molecule has 2 fully saturated rings. The number of aliphatic carboxylic acids is 1. The quantitative estimate of drug-likeness (QED) is 0.622. The van der Waals surface area contributed by atoms with Crippen LogP contribution in [-0.2, 0) is 14.3 Å². The Labute approximate surface area is 205 Å². The number of fused-ring (bicyclic) bond motifs is 3. The van der Waals surface area contributed by atoms with Gasteiger partial charge in [-0.1, -0.05) is 55.5 Å². The van der Waals surface area contributed by atoms with E-state index in [4.69, 9.17) is 4.74 Å². The van der Waals surface area contributed by atoms with Gasteiger partial charge in [-0.2, -0.15) is 0 Å². The molecular formula is C28H32N2O5. The first kappa shape index (κ1) is 23.4. The van der Waals surface area contributed by atoms with Gasteiger partial charge in [0.1, 0.15) is 12.1 Å². The lowest BCUT2D eigenvalue weighted by molar-refractivity contribution is -0.140. The van der Waals surface area contributed by atoms with E-state index in [9.17, 15) is 19.5 Å². The van der Waals surface area contributed by atoms with Crippen LogP contribution in [0.2, 0.25) is 0 Å². The second-order valence-electron chi connectivity index (χ2n) is 10.5. The average molecular weight is 477 g/mol. The summed E-state index contributed by atoms with van der Waals surface area (Å²) in [6, 6.07) is 16.3. The summed E-state index contributed by atoms with van der Waals surface area (Å²) in [5.41, 5.74) is 3.54. The van der Waals surface area contributed by atoms with E-state index in [1.165, 1.54) is 0 Å². The first-order valence-electron chi connectivity index (χ1n) is 12.4. The number of alkyl carbamates (subject to hydrolysis) is 1. The fraction of sp³-hybridized carbons (Fsp3) is 0.464. The highest BCUT2D eigenvalue weighted by Crippen LogP contribution is 2.45. The maximum absolute atomic E-state index is 13.6. The fourth-order valence-corrected chi connectivity index (χ4v) is 5.86. The highest BCUT2D eigenvalue weighted by atomic mass is 16.5. The number of carboxylic acids is 1. The molecular weight excluding hydrogens is 444 g/mol. The predicted octanol–water partition coefficient (Wildman–Crippen LogP) is 4.26. The first-order valence-corrected chi connectivity index (χ1v) is 12.4. The summed E-state index contributed by atoms with van der Waals surface area (Å²) >= 11 is 0. The smallest absolute Gasteiger partial charge is 0.408 e. The van der Waals surface area contributed by atoms with Crippen molar-refractivity contribution < 1.29 is 24.2 Å². The topological polar surface area (TPSA) is 95.9 Å². The summed E-state index contributed by atoms with van der Waals surface area (Å²) in [7, 11) is 0. The molecule has 184 valence electrons. The van der Waals surface area contributed by atoms with Gasteiger partial charge in [0, 0.05) is 19.0 Å². The van der Waals surface area contributed by atoms with Crippen LogP contribution in [0.15, 0.2) is 48.5 Å². The van der Waals surface area contributed by atoms with Crippen molar-refractivity contribution >= 4 is 18.0 Å². The van der Waals surface area contributed by atoms with Crippen molar-refractivity contribution in [2.45, 2.75) is 44.6 Å². The van der Waals surface area contributed by atoms with Crippen LogP contribution >= 0.6 is 0 Å². The van der Waals surface area contributed by atoms with Crippen LogP contribution in [0.1, 0.15) is 50.2 Å². The number of carboxylic acid groups (broad SMARTS) is 1. The molecule has 7 heteroatoms. The molecule has 0 spiro atoms. The Morgan fingerprint density at radius 2 is 1.63 bits per heavy atom. The zero-order valence-electron chi connectivity index (χ0n) is 20.2. The van der Waals surface area contributed by atoms with Crippen molar-refractivity contribution in [3.05, 3.63) is 59.7 Å². The highest BCUT2D eigenvalue weighted by Gasteiger charge is 2.52. The molecule has 5 rings (SSSR count). The Balaban J connectivity index is 1.26. The molecule has 35 heavy (non-hydrogen) atoms. The minimum absolute atomic E-state index is 0.0465. The Hall–Kier alpha value is -3.35. The fourth-order valence-electron chi connectivity index (χ4n) is 5.86. The van der Waals surface area contributed by atoms with Gasteiger partial charge in [0.05, 0.1) is 6.42 Å². The SMILES string of the molecule is C[C@@H]1CN(C(=O)C(C)(NC(=O)OCC2c3ccccc3-c3ccccc32)C2CC2)C[C@H]1CC(=O)O. The van der Waals surface area contributed by atoms with Gasteiger partial charge in [-0.15, -0.1) is 0 Å². The number of nitrogens with one attached hydrogen (secondary N) is 1. The summed E-state index contributed by atoms with van der Waals surface area (Å²) in [4.78, 5) is 39.5. The van der Waals surface area contributed by atoms with E-state index in [2.05, 4.69) is 29.6 Å². The Morgan fingerprint density at radius 3 is 2.20 bits per heavy atom. The molecule has 0 radical (unpaired) electrons. The molecule has 1 saturated carbocycles. The molecule has 2 aromatic carbocycles. The first-order chi connectivity index (χ1) is 16.8. The van der Waals surface area contributed by atoms with Crippen molar-refractivity contribution in [2.24, 2.45) is 17.8 Å². The minimum Gasteiger partial charge on any atom is -0.481 e. The molecule has 3 aliphatic rings. The van der Waals surface area contributed by atoms with Crippen LogP contribution in [0.25, 0.3) is 11.1 Å².